The third-order valence-corrected chi connectivity index (χ3v) is 10.1. The summed E-state index contributed by atoms with van der Waals surface area (Å²) in [4.78, 5) is 25.6. The molecule has 1 N–H and O–H groups in total. The van der Waals surface area contributed by atoms with E-state index in [2.05, 4.69) is 10.4 Å². The molecule has 2 heterocycles. The molecule has 0 spiro atoms. The third kappa shape index (κ3) is 4.93. The van der Waals surface area contributed by atoms with Crippen LogP contribution in [0, 0.1) is 16.7 Å². The highest BCUT2D eigenvalue weighted by molar-refractivity contribution is 7.92. The maximum atomic E-state index is 14.1. The van der Waals surface area contributed by atoms with Crippen molar-refractivity contribution < 1.29 is 44.3 Å². The second-order valence-corrected chi connectivity index (χ2v) is 12.9. The lowest BCUT2D eigenvalue weighted by atomic mass is 10.0. The molecule has 41 heavy (non-hydrogen) atoms. The molecule has 220 valence electrons. The first-order valence-electron chi connectivity index (χ1n) is 12.5. The molecular formula is C25H23F6N5O4S. The normalized spacial score (nSPS) is 23.1. The van der Waals surface area contributed by atoms with Crippen LogP contribution in [-0.2, 0) is 32.7 Å². The monoisotopic (exact) mass is 603 g/mol. The van der Waals surface area contributed by atoms with Gasteiger partial charge in [-0.05, 0) is 49.8 Å². The summed E-state index contributed by atoms with van der Waals surface area (Å²) >= 11 is 0. The van der Waals surface area contributed by atoms with Crippen LogP contribution in [0.2, 0.25) is 0 Å². The van der Waals surface area contributed by atoms with Gasteiger partial charge < -0.3 is 10.2 Å². The molecule has 3 aliphatic rings. The first kappa shape index (κ1) is 28.9. The molecule has 0 unspecified atom stereocenters. The molecule has 2 atom stereocenters. The first-order chi connectivity index (χ1) is 18.9. The molecule has 2 saturated carbocycles. The van der Waals surface area contributed by atoms with E-state index in [-0.39, 0.29) is 24.0 Å². The second kappa shape index (κ2) is 9.20. The van der Waals surface area contributed by atoms with Gasteiger partial charge in [0.1, 0.15) is 17.0 Å². The molecule has 2 aromatic rings. The lowest BCUT2D eigenvalue weighted by molar-refractivity contribution is -0.199. The second-order valence-electron chi connectivity index (χ2n) is 10.8. The van der Waals surface area contributed by atoms with Crippen LogP contribution < -0.4 is 5.32 Å². The highest BCUT2D eigenvalue weighted by atomic mass is 32.2. The van der Waals surface area contributed by atoms with Crippen molar-refractivity contribution in [3.05, 3.63) is 36.2 Å². The molecule has 0 bridgehead atoms. The Morgan fingerprint density at radius 3 is 2.24 bits per heavy atom. The number of amides is 2. The molecule has 2 amide bonds. The highest BCUT2D eigenvalue weighted by Gasteiger charge is 2.70. The van der Waals surface area contributed by atoms with E-state index in [1.54, 1.807) is 7.05 Å². The summed E-state index contributed by atoms with van der Waals surface area (Å²) in [5.41, 5.74) is -5.27. The third-order valence-electron chi connectivity index (χ3n) is 7.92. The van der Waals surface area contributed by atoms with Gasteiger partial charge in [0.25, 0.3) is 0 Å². The number of likely N-dealkylation sites (tertiary alicyclic amines) is 1. The van der Waals surface area contributed by atoms with Crippen LogP contribution in [0.1, 0.15) is 37.7 Å². The molecule has 0 radical (unpaired) electrons. The van der Waals surface area contributed by atoms with Crippen LogP contribution in [0.3, 0.4) is 0 Å². The number of hydrogen-bond acceptors (Lipinski definition) is 6. The maximum absolute atomic E-state index is 14.1. The summed E-state index contributed by atoms with van der Waals surface area (Å²) in [5, 5.41) is 13.8. The summed E-state index contributed by atoms with van der Waals surface area (Å²) < 4.78 is 112. The van der Waals surface area contributed by atoms with Crippen LogP contribution >= 0.6 is 0 Å². The summed E-state index contributed by atoms with van der Waals surface area (Å²) in [7, 11) is -3.39. The lowest BCUT2D eigenvalue weighted by Gasteiger charge is -2.29. The molecular weight excluding hydrogens is 580 g/mol. The Hall–Kier alpha value is -3.61. The topological polar surface area (TPSA) is 125 Å². The maximum Gasteiger partial charge on any atom is 0.417 e. The van der Waals surface area contributed by atoms with Gasteiger partial charge in [0.15, 0.2) is 9.84 Å². The van der Waals surface area contributed by atoms with Crippen molar-refractivity contribution in [2.75, 3.05) is 6.54 Å². The van der Waals surface area contributed by atoms with Crippen molar-refractivity contribution >= 4 is 21.7 Å². The highest BCUT2D eigenvalue weighted by Crippen LogP contribution is 2.59. The van der Waals surface area contributed by atoms with Gasteiger partial charge in [0, 0.05) is 25.4 Å². The van der Waals surface area contributed by atoms with Gasteiger partial charge >= 0.3 is 12.4 Å². The Morgan fingerprint density at radius 1 is 1.10 bits per heavy atom. The van der Waals surface area contributed by atoms with Gasteiger partial charge in [-0.25, -0.2) is 8.42 Å². The molecule has 3 fully saturated rings. The molecule has 1 aromatic heterocycles. The van der Waals surface area contributed by atoms with Gasteiger partial charge in [-0.15, -0.1) is 0 Å². The zero-order valence-corrected chi connectivity index (χ0v) is 22.2. The fraction of sp³-hybridized carbons (Fsp3) is 0.520. The number of nitrogens with one attached hydrogen (secondary N) is 1. The molecule has 1 aromatic carbocycles. The summed E-state index contributed by atoms with van der Waals surface area (Å²) in [5.74, 6) is -2.54. The molecule has 2 aliphatic carbocycles. The quantitative estimate of drug-likeness (QED) is 0.505. The van der Waals surface area contributed by atoms with E-state index in [1.165, 1.54) is 17.1 Å². The number of hydrogen-bond donors (Lipinski definition) is 1. The zero-order valence-electron chi connectivity index (χ0n) is 21.4. The smallest absolute Gasteiger partial charge is 0.336 e. The minimum atomic E-state index is -5.13. The Bertz CT molecular complexity index is 1570. The van der Waals surface area contributed by atoms with E-state index in [0.717, 1.165) is 12.1 Å². The summed E-state index contributed by atoms with van der Waals surface area (Å²) in [6.07, 6.45) is -8.75. The van der Waals surface area contributed by atoms with Crippen molar-refractivity contribution in [2.45, 2.75) is 66.2 Å². The first-order valence-corrected chi connectivity index (χ1v) is 14.0. The number of aryl methyl sites for hydroxylation is 1. The van der Waals surface area contributed by atoms with Crippen molar-refractivity contribution in [3.8, 4) is 17.2 Å². The average molecular weight is 604 g/mol. The number of rotatable bonds is 6. The van der Waals surface area contributed by atoms with Gasteiger partial charge in [0.05, 0.1) is 28.0 Å². The Labute approximate surface area is 230 Å². The van der Waals surface area contributed by atoms with Gasteiger partial charge in [-0.1, -0.05) is 6.07 Å². The Balaban J connectivity index is 1.52. The predicted molar refractivity (Wildman–Crippen MR) is 128 cm³/mol. The standard InChI is InChI=1S/C25H23F6N5O4S/c1-35-11-15(10-33-35)14-2-3-19(17(8-14)24(26,27)28)41(39,40)16-9-18(20(37)34-22(13-32)4-5-22)36(12-16)21(38)23(6-7-23)25(29,30)31/h2-3,8,10-11,16,18H,4-7,9,12H2,1H3,(H,34,37)/t16-,18+/m0/s1. The number of sulfone groups is 1. The number of nitrogens with zero attached hydrogens (tertiary/aromatic N) is 4. The molecule has 16 heteroatoms. The van der Waals surface area contributed by atoms with E-state index < -0.39 is 92.5 Å². The summed E-state index contributed by atoms with van der Waals surface area (Å²) in [6.45, 7) is -0.918. The number of aromatic nitrogens is 2. The van der Waals surface area contributed by atoms with Crippen LogP contribution in [0.4, 0.5) is 26.3 Å². The van der Waals surface area contributed by atoms with Crippen molar-refractivity contribution in [1.29, 1.82) is 5.26 Å². The molecule has 9 nitrogen and oxygen atoms in total. The van der Waals surface area contributed by atoms with Crippen molar-refractivity contribution in [1.82, 2.24) is 20.0 Å². The van der Waals surface area contributed by atoms with Crippen LogP contribution in [0.25, 0.3) is 11.1 Å². The van der Waals surface area contributed by atoms with Crippen LogP contribution in [-0.4, -0.2) is 64.5 Å². The van der Waals surface area contributed by atoms with Crippen LogP contribution in [0.15, 0.2) is 35.5 Å². The molecule has 1 saturated heterocycles. The average Bonchev–Trinajstić information content (AvgIpc) is 3.77. The van der Waals surface area contributed by atoms with Gasteiger partial charge in [-0.2, -0.15) is 36.7 Å². The largest absolute Gasteiger partial charge is 0.417 e. The van der Waals surface area contributed by atoms with E-state index >= 15 is 0 Å². The zero-order chi connectivity index (χ0) is 30.2. The Kier molecular flexibility index (Phi) is 6.48. The number of carbonyl (C=O) groups is 2. The number of nitriles is 1. The molecule has 1 aliphatic heterocycles. The number of benzene rings is 1. The van der Waals surface area contributed by atoms with E-state index in [4.69, 9.17) is 0 Å². The fourth-order valence-corrected chi connectivity index (χ4v) is 7.04. The van der Waals surface area contributed by atoms with Gasteiger partial charge in [-0.3, -0.25) is 14.3 Å². The van der Waals surface area contributed by atoms with E-state index in [0.29, 0.717) is 11.0 Å². The van der Waals surface area contributed by atoms with E-state index in [1.807, 2.05) is 6.07 Å². The SMILES string of the molecule is Cn1cc(-c2ccc(S(=O)(=O)[C@H]3C[C@H](C(=O)NC4(C#N)CC4)N(C(=O)C4(C(F)(F)F)CC4)C3)c(C(F)(F)F)c2)cn1. The Morgan fingerprint density at radius 2 is 1.76 bits per heavy atom. The molecule has 5 rings (SSSR count). The summed E-state index contributed by atoms with van der Waals surface area (Å²) in [6, 6.07) is 2.68. The van der Waals surface area contributed by atoms with E-state index in [9.17, 15) is 49.6 Å². The number of carbonyl (C=O) groups excluding carboxylic acids is 2. The minimum absolute atomic E-state index is 0.0249. The predicted octanol–water partition coefficient (Wildman–Crippen LogP) is 3.36. The lowest BCUT2D eigenvalue weighted by Crippen LogP contribution is -2.53. The van der Waals surface area contributed by atoms with Crippen molar-refractivity contribution in [3.63, 3.8) is 0 Å². The van der Waals surface area contributed by atoms with Crippen LogP contribution in [0.5, 0.6) is 0 Å². The fourth-order valence-electron chi connectivity index (χ4n) is 5.15. The van der Waals surface area contributed by atoms with Gasteiger partial charge in [0.2, 0.25) is 11.8 Å². The number of halogens is 6. The van der Waals surface area contributed by atoms with Crippen molar-refractivity contribution in [2.24, 2.45) is 12.5 Å². The minimum Gasteiger partial charge on any atom is -0.336 e. The number of alkyl halides is 6.